The topological polar surface area (TPSA) is 65.0 Å². The van der Waals surface area contributed by atoms with Gasteiger partial charge in [-0.3, -0.25) is 4.90 Å². The molecule has 35 heavy (non-hydrogen) atoms. The van der Waals surface area contributed by atoms with Gasteiger partial charge in [-0.2, -0.15) is 0 Å². The first-order valence-electron chi connectivity index (χ1n) is 12.7. The van der Waals surface area contributed by atoms with E-state index in [1.54, 1.807) is 7.11 Å². The van der Waals surface area contributed by atoms with Crippen LogP contribution in [0.15, 0.2) is 65.3 Å². The fourth-order valence-electron chi connectivity index (χ4n) is 4.60. The molecule has 1 atom stereocenters. The lowest BCUT2D eigenvalue weighted by Gasteiger charge is -2.29. The lowest BCUT2D eigenvalue weighted by Crippen LogP contribution is -2.41. The van der Waals surface area contributed by atoms with Crippen molar-refractivity contribution in [2.24, 2.45) is 0 Å². The third-order valence-corrected chi connectivity index (χ3v) is 6.41. The first-order valence-corrected chi connectivity index (χ1v) is 12.7. The summed E-state index contributed by atoms with van der Waals surface area (Å²) in [5.41, 5.74) is 6.08. The number of allylic oxidation sites excluding steroid dienone is 2. The van der Waals surface area contributed by atoms with E-state index in [0.717, 1.165) is 37.2 Å². The summed E-state index contributed by atoms with van der Waals surface area (Å²) in [4.78, 5) is 16.8. The monoisotopic (exact) mass is 479 g/mol. The van der Waals surface area contributed by atoms with Gasteiger partial charge in [0.1, 0.15) is 5.75 Å². The van der Waals surface area contributed by atoms with Gasteiger partial charge < -0.3 is 20.1 Å². The lowest BCUT2D eigenvalue weighted by molar-refractivity contribution is 0.110. The number of para-hydroxylation sites is 1. The van der Waals surface area contributed by atoms with Crippen molar-refractivity contribution in [1.82, 2.24) is 15.1 Å². The lowest BCUT2D eigenvalue weighted by atomic mass is 9.98. The fourth-order valence-corrected chi connectivity index (χ4v) is 4.60. The van der Waals surface area contributed by atoms with Crippen LogP contribution in [0.3, 0.4) is 0 Å². The minimum atomic E-state index is -0.475. The van der Waals surface area contributed by atoms with E-state index in [9.17, 15) is 9.90 Å². The number of benzene rings is 1. The Morgan fingerprint density at radius 2 is 2.00 bits per heavy atom. The summed E-state index contributed by atoms with van der Waals surface area (Å²) in [6.07, 6.45) is 10.6. The summed E-state index contributed by atoms with van der Waals surface area (Å²) in [6, 6.07) is 8.03. The Labute approximate surface area is 210 Å². The molecule has 1 unspecified atom stereocenters. The molecule has 3 rings (SSSR count). The Bertz CT molecular complexity index is 989. The van der Waals surface area contributed by atoms with Gasteiger partial charge in [0, 0.05) is 44.8 Å². The number of nitrogens with zero attached hydrogens (tertiary/aromatic N) is 2. The van der Waals surface area contributed by atoms with Crippen molar-refractivity contribution in [2.75, 3.05) is 46.4 Å². The molecule has 2 aliphatic heterocycles. The highest BCUT2D eigenvalue weighted by atomic mass is 16.5. The Morgan fingerprint density at radius 3 is 2.69 bits per heavy atom. The summed E-state index contributed by atoms with van der Waals surface area (Å²) in [5, 5.41) is 13.5. The van der Waals surface area contributed by atoms with Crippen molar-refractivity contribution in [3.05, 3.63) is 70.9 Å². The van der Waals surface area contributed by atoms with Crippen LogP contribution < -0.4 is 10.1 Å². The number of aliphatic hydroxyl groups excluding tert-OH is 1. The van der Waals surface area contributed by atoms with Crippen LogP contribution >= 0.6 is 0 Å². The van der Waals surface area contributed by atoms with Gasteiger partial charge in [0.25, 0.3) is 0 Å². The van der Waals surface area contributed by atoms with E-state index in [1.807, 2.05) is 23.1 Å². The maximum Gasteiger partial charge on any atom is 0.318 e. The third-order valence-electron chi connectivity index (χ3n) is 6.41. The molecule has 0 bridgehead atoms. The summed E-state index contributed by atoms with van der Waals surface area (Å²) in [7, 11) is 1.70. The van der Waals surface area contributed by atoms with Gasteiger partial charge in [-0.25, -0.2) is 4.79 Å². The summed E-state index contributed by atoms with van der Waals surface area (Å²) in [5.74, 6) is 0.901. The molecule has 2 aliphatic rings. The van der Waals surface area contributed by atoms with Gasteiger partial charge in [0.05, 0.1) is 13.2 Å². The number of nitrogens with one attached hydrogen (secondary N) is 1. The number of amides is 2. The number of ether oxygens (including phenoxy) is 1. The first-order chi connectivity index (χ1) is 16.9. The molecule has 190 valence electrons. The number of hydrogen-bond donors (Lipinski definition) is 2. The van der Waals surface area contributed by atoms with E-state index >= 15 is 0 Å². The summed E-state index contributed by atoms with van der Waals surface area (Å²) < 4.78 is 5.49. The standard InChI is InChI=1S/C29H41N3O3/c1-5-6-9-24-19-32(20-25(24)18-22(2)3)29(34)30-15-12-26(33)21-31-16-13-23(14-17-31)27-10-7-8-11-28(27)35-4/h6-11,13,18,26,33H,5,12,14-17,19-21H2,1-4H3,(H,30,34)/b9-6+. The summed E-state index contributed by atoms with van der Waals surface area (Å²) >= 11 is 0. The second-order valence-electron chi connectivity index (χ2n) is 9.55. The maximum absolute atomic E-state index is 12.7. The molecule has 0 radical (unpaired) electrons. The number of urea groups is 1. The van der Waals surface area contributed by atoms with Gasteiger partial charge in [-0.15, -0.1) is 0 Å². The van der Waals surface area contributed by atoms with Gasteiger partial charge in [0.15, 0.2) is 0 Å². The molecule has 0 saturated heterocycles. The van der Waals surface area contributed by atoms with E-state index in [0.29, 0.717) is 32.6 Å². The highest BCUT2D eigenvalue weighted by Gasteiger charge is 2.24. The van der Waals surface area contributed by atoms with Crippen LogP contribution in [0.5, 0.6) is 5.75 Å². The molecule has 0 fully saturated rings. The van der Waals surface area contributed by atoms with Gasteiger partial charge in [-0.05, 0) is 55.9 Å². The quantitative estimate of drug-likeness (QED) is 0.506. The molecular weight excluding hydrogens is 438 g/mol. The Hall–Kier alpha value is -2.83. The predicted octanol–water partition coefficient (Wildman–Crippen LogP) is 4.79. The number of hydrogen-bond acceptors (Lipinski definition) is 4. The van der Waals surface area contributed by atoms with E-state index in [1.165, 1.54) is 22.3 Å². The largest absolute Gasteiger partial charge is 0.496 e. The molecule has 2 heterocycles. The van der Waals surface area contributed by atoms with Gasteiger partial charge in [0.2, 0.25) is 0 Å². The second-order valence-corrected chi connectivity index (χ2v) is 9.55. The molecule has 2 amide bonds. The molecule has 6 nitrogen and oxygen atoms in total. The fraction of sp³-hybridized carbons (Fsp3) is 0.483. The van der Waals surface area contributed by atoms with Crippen molar-refractivity contribution >= 4 is 11.6 Å². The number of aliphatic hydroxyl groups is 1. The van der Waals surface area contributed by atoms with E-state index in [2.05, 4.69) is 61.4 Å². The molecule has 0 spiro atoms. The number of carbonyl (C=O) groups is 1. The maximum atomic E-state index is 12.7. The minimum Gasteiger partial charge on any atom is -0.496 e. The molecule has 0 aromatic heterocycles. The van der Waals surface area contributed by atoms with Crippen LogP contribution in [0.1, 0.15) is 45.6 Å². The molecule has 1 aromatic carbocycles. The van der Waals surface area contributed by atoms with Gasteiger partial charge in [-0.1, -0.05) is 55.0 Å². The zero-order chi connectivity index (χ0) is 25.2. The van der Waals surface area contributed by atoms with E-state index < -0.39 is 6.10 Å². The molecule has 2 N–H and O–H groups in total. The van der Waals surface area contributed by atoms with Crippen LogP contribution in [0.4, 0.5) is 4.79 Å². The van der Waals surface area contributed by atoms with Crippen LogP contribution in [0.25, 0.3) is 5.57 Å². The average molecular weight is 480 g/mol. The molecular formula is C29H41N3O3. The number of carbonyl (C=O) groups excluding carboxylic acids is 1. The van der Waals surface area contributed by atoms with Crippen molar-refractivity contribution in [3.63, 3.8) is 0 Å². The predicted molar refractivity (Wildman–Crippen MR) is 144 cm³/mol. The normalized spacial score (nSPS) is 17.5. The highest BCUT2D eigenvalue weighted by molar-refractivity contribution is 5.76. The zero-order valence-electron chi connectivity index (χ0n) is 21.7. The van der Waals surface area contributed by atoms with E-state index in [-0.39, 0.29) is 6.03 Å². The number of rotatable bonds is 10. The zero-order valence-corrected chi connectivity index (χ0v) is 21.7. The van der Waals surface area contributed by atoms with E-state index in [4.69, 9.17) is 4.74 Å². The Kier molecular flexibility index (Phi) is 10.2. The van der Waals surface area contributed by atoms with Crippen LogP contribution in [0.2, 0.25) is 0 Å². The first kappa shape index (κ1) is 26.8. The van der Waals surface area contributed by atoms with Crippen molar-refractivity contribution in [2.45, 2.75) is 46.1 Å². The Morgan fingerprint density at radius 1 is 1.23 bits per heavy atom. The van der Waals surface area contributed by atoms with Crippen LogP contribution in [-0.4, -0.2) is 73.4 Å². The van der Waals surface area contributed by atoms with Crippen LogP contribution in [-0.2, 0) is 0 Å². The minimum absolute atomic E-state index is 0.0703. The third kappa shape index (κ3) is 7.84. The molecule has 6 heteroatoms. The Balaban J connectivity index is 1.42. The number of methoxy groups -OCH3 is 1. The van der Waals surface area contributed by atoms with Gasteiger partial charge >= 0.3 is 6.03 Å². The highest BCUT2D eigenvalue weighted by Crippen LogP contribution is 2.30. The summed E-state index contributed by atoms with van der Waals surface area (Å²) in [6.45, 7) is 10.3. The van der Waals surface area contributed by atoms with Crippen LogP contribution in [0, 0.1) is 0 Å². The average Bonchev–Trinajstić information content (AvgIpc) is 3.25. The molecule has 0 aliphatic carbocycles. The SMILES string of the molecule is CC/C=C/C1=C(C=C(C)C)CN(C(=O)NCCC(O)CN2CC=C(c3ccccc3OC)CC2)C1. The smallest absolute Gasteiger partial charge is 0.318 e. The van der Waals surface area contributed by atoms with Crippen molar-refractivity contribution < 1.29 is 14.6 Å². The molecule has 0 saturated carbocycles. The van der Waals surface area contributed by atoms with Crippen molar-refractivity contribution in [1.29, 1.82) is 0 Å². The number of β-amino-alcohol motifs (C(OH)–C–C–N with tert-alkyl or cyclic N) is 1. The second kappa shape index (κ2) is 13.3. The van der Waals surface area contributed by atoms with Crippen molar-refractivity contribution in [3.8, 4) is 5.75 Å². The molecule has 1 aromatic rings.